The molecule has 0 amide bonds. The number of nitrogens with zero attached hydrogens (tertiary/aromatic N) is 1. The molecule has 0 unspecified atom stereocenters. The molecule has 0 N–H and O–H groups in total. The number of anilines is 3. The predicted octanol–water partition coefficient (Wildman–Crippen LogP) is 13.2. The molecule has 0 bridgehead atoms. The van der Waals surface area contributed by atoms with Gasteiger partial charge in [0, 0.05) is 27.9 Å². The molecule has 0 heterocycles. The fraction of sp³-hybridized carbons (Fsp3) is 0.125. The van der Waals surface area contributed by atoms with E-state index in [9.17, 15) is 0 Å². The molecule has 2 aliphatic carbocycles. The molecule has 1 heteroatoms. The fourth-order valence-corrected chi connectivity index (χ4v) is 9.06. The molecule has 0 saturated carbocycles. The van der Waals surface area contributed by atoms with Crippen LogP contribution in [-0.2, 0) is 10.8 Å². The molecule has 0 aliphatic heterocycles. The van der Waals surface area contributed by atoms with Gasteiger partial charge in [-0.1, -0.05) is 143 Å². The Morgan fingerprint density at radius 1 is 0.327 bits per heavy atom. The first-order valence-electron chi connectivity index (χ1n) is 17.4. The molecule has 0 aromatic heterocycles. The van der Waals surface area contributed by atoms with Crippen molar-refractivity contribution in [1.82, 2.24) is 0 Å². The summed E-state index contributed by atoms with van der Waals surface area (Å²) in [7, 11) is 0. The van der Waals surface area contributed by atoms with Crippen LogP contribution in [-0.4, -0.2) is 0 Å². The van der Waals surface area contributed by atoms with Gasteiger partial charge >= 0.3 is 0 Å². The maximum Gasteiger partial charge on any atom is 0.0468 e. The van der Waals surface area contributed by atoms with E-state index in [1.807, 2.05) is 0 Å². The minimum Gasteiger partial charge on any atom is -0.310 e. The Bertz CT molecular complexity index is 2570. The van der Waals surface area contributed by atoms with E-state index in [0.29, 0.717) is 0 Å². The van der Waals surface area contributed by atoms with Crippen molar-refractivity contribution in [2.45, 2.75) is 38.5 Å². The SMILES string of the molecule is CC1(C)c2ccccc2-c2ccc(N(c3ccc4c(c3)C(C)(C)c3ccccc3-4)c3ccc4ccc5c6ccccc6ccc5c4c3)cc21. The average Bonchev–Trinajstić information content (AvgIpc) is 3.50. The van der Waals surface area contributed by atoms with E-state index < -0.39 is 0 Å². The second kappa shape index (κ2) is 9.94. The predicted molar refractivity (Wildman–Crippen MR) is 209 cm³/mol. The van der Waals surface area contributed by atoms with Crippen LogP contribution in [0.5, 0.6) is 0 Å². The lowest BCUT2D eigenvalue weighted by Gasteiger charge is -2.30. The third-order valence-electron chi connectivity index (χ3n) is 11.6. The first kappa shape index (κ1) is 28.4. The van der Waals surface area contributed by atoms with Gasteiger partial charge in [0.25, 0.3) is 0 Å². The summed E-state index contributed by atoms with van der Waals surface area (Å²) in [6.45, 7) is 9.47. The van der Waals surface area contributed by atoms with Gasteiger partial charge in [-0.3, -0.25) is 0 Å². The summed E-state index contributed by atoms with van der Waals surface area (Å²) in [5.74, 6) is 0. The number of benzene rings is 8. The smallest absolute Gasteiger partial charge is 0.0468 e. The Labute approximate surface area is 288 Å². The molecule has 10 rings (SSSR count). The van der Waals surface area contributed by atoms with E-state index in [-0.39, 0.29) is 10.8 Å². The third-order valence-corrected chi connectivity index (χ3v) is 11.6. The number of hydrogen-bond donors (Lipinski definition) is 0. The zero-order valence-electron chi connectivity index (χ0n) is 28.4. The molecule has 0 saturated heterocycles. The monoisotopic (exact) mass is 627 g/mol. The van der Waals surface area contributed by atoms with E-state index >= 15 is 0 Å². The van der Waals surface area contributed by atoms with E-state index in [4.69, 9.17) is 0 Å². The van der Waals surface area contributed by atoms with Crippen molar-refractivity contribution in [3.8, 4) is 22.3 Å². The number of rotatable bonds is 3. The zero-order valence-corrected chi connectivity index (χ0v) is 28.4. The van der Waals surface area contributed by atoms with Crippen molar-refractivity contribution in [2.75, 3.05) is 4.90 Å². The summed E-state index contributed by atoms with van der Waals surface area (Å²) in [5.41, 5.74) is 14.3. The van der Waals surface area contributed by atoms with E-state index in [1.165, 1.54) is 88.2 Å². The van der Waals surface area contributed by atoms with Crippen LogP contribution in [0.25, 0.3) is 54.6 Å². The molecule has 8 aromatic rings. The van der Waals surface area contributed by atoms with Crippen LogP contribution < -0.4 is 4.90 Å². The molecule has 0 fully saturated rings. The highest BCUT2D eigenvalue weighted by molar-refractivity contribution is 6.17. The number of fused-ring (bicyclic) bond motifs is 11. The standard InChI is InChI=1S/C48H37N/c1-47(2)43-15-9-7-13-38(43)40-25-21-33(28-45(40)47)49(34-22-26-41-39-14-8-10-16-44(39)48(3,4)46(41)29-34)32-20-17-31-19-23-36-35-12-6-5-11-30(35)18-24-37(36)42(31)27-32/h5-29H,1-4H3. The molecule has 0 atom stereocenters. The second-order valence-electron chi connectivity index (χ2n) is 15.0. The maximum absolute atomic E-state index is 2.48. The van der Waals surface area contributed by atoms with Crippen molar-refractivity contribution in [2.24, 2.45) is 0 Å². The van der Waals surface area contributed by atoms with Crippen LogP contribution in [0.15, 0.2) is 152 Å². The van der Waals surface area contributed by atoms with Crippen LogP contribution in [0, 0.1) is 0 Å². The molecular weight excluding hydrogens is 591 g/mol. The van der Waals surface area contributed by atoms with Crippen LogP contribution in [0.2, 0.25) is 0 Å². The minimum absolute atomic E-state index is 0.0875. The lowest BCUT2D eigenvalue weighted by Crippen LogP contribution is -2.18. The van der Waals surface area contributed by atoms with Crippen LogP contribution >= 0.6 is 0 Å². The van der Waals surface area contributed by atoms with Gasteiger partial charge < -0.3 is 4.90 Å². The summed E-state index contributed by atoms with van der Waals surface area (Å²) in [4.78, 5) is 2.48. The van der Waals surface area contributed by atoms with Gasteiger partial charge in [0.1, 0.15) is 0 Å². The molecule has 2 aliphatic rings. The Hall–Kier alpha value is -5.66. The first-order valence-corrected chi connectivity index (χ1v) is 17.4. The highest BCUT2D eigenvalue weighted by atomic mass is 15.1. The van der Waals surface area contributed by atoms with Gasteiger partial charge in [0.2, 0.25) is 0 Å². The molecule has 234 valence electrons. The molecule has 8 aromatic carbocycles. The Morgan fingerprint density at radius 3 is 1.37 bits per heavy atom. The topological polar surface area (TPSA) is 3.24 Å². The molecule has 49 heavy (non-hydrogen) atoms. The second-order valence-corrected chi connectivity index (χ2v) is 15.0. The van der Waals surface area contributed by atoms with Crippen molar-refractivity contribution in [3.05, 3.63) is 174 Å². The molecule has 1 nitrogen and oxygen atoms in total. The van der Waals surface area contributed by atoms with Crippen LogP contribution in [0.1, 0.15) is 49.9 Å². The highest BCUT2D eigenvalue weighted by Crippen LogP contribution is 2.53. The zero-order chi connectivity index (χ0) is 33.1. The summed E-state index contributed by atoms with van der Waals surface area (Å²) in [5, 5.41) is 7.68. The molecule has 0 spiro atoms. The first-order chi connectivity index (χ1) is 23.8. The van der Waals surface area contributed by atoms with Crippen molar-refractivity contribution < 1.29 is 0 Å². The lowest BCUT2D eigenvalue weighted by atomic mass is 9.82. The van der Waals surface area contributed by atoms with E-state index in [1.54, 1.807) is 0 Å². The highest BCUT2D eigenvalue weighted by Gasteiger charge is 2.37. The maximum atomic E-state index is 2.48. The average molecular weight is 628 g/mol. The van der Waals surface area contributed by atoms with Crippen LogP contribution in [0.3, 0.4) is 0 Å². The van der Waals surface area contributed by atoms with Gasteiger partial charge in [-0.2, -0.15) is 0 Å². The van der Waals surface area contributed by atoms with Crippen molar-refractivity contribution >= 4 is 49.4 Å². The summed E-state index contributed by atoms with van der Waals surface area (Å²) in [6.07, 6.45) is 0. The fourth-order valence-electron chi connectivity index (χ4n) is 9.06. The van der Waals surface area contributed by atoms with Crippen molar-refractivity contribution in [1.29, 1.82) is 0 Å². The quantitative estimate of drug-likeness (QED) is 0.176. The summed E-state index contributed by atoms with van der Waals surface area (Å²) < 4.78 is 0. The van der Waals surface area contributed by atoms with Crippen LogP contribution in [0.4, 0.5) is 17.1 Å². The Balaban J connectivity index is 1.22. The minimum atomic E-state index is -0.0875. The summed E-state index contributed by atoms with van der Waals surface area (Å²) in [6, 6.07) is 56.9. The van der Waals surface area contributed by atoms with Gasteiger partial charge in [-0.05, 0) is 113 Å². The summed E-state index contributed by atoms with van der Waals surface area (Å²) >= 11 is 0. The molecular formula is C48H37N. The van der Waals surface area contributed by atoms with Crippen molar-refractivity contribution in [3.63, 3.8) is 0 Å². The third kappa shape index (κ3) is 3.93. The lowest BCUT2D eigenvalue weighted by molar-refractivity contribution is 0.660. The normalized spacial score (nSPS) is 14.9. The van der Waals surface area contributed by atoms with Gasteiger partial charge in [-0.15, -0.1) is 0 Å². The Kier molecular flexibility index (Phi) is 5.75. The van der Waals surface area contributed by atoms with E-state index in [0.717, 1.165) is 5.69 Å². The van der Waals surface area contributed by atoms with Gasteiger partial charge in [0.05, 0.1) is 0 Å². The van der Waals surface area contributed by atoms with Gasteiger partial charge in [0.15, 0.2) is 0 Å². The van der Waals surface area contributed by atoms with E-state index in [2.05, 4.69) is 184 Å². The van der Waals surface area contributed by atoms with Gasteiger partial charge in [-0.25, -0.2) is 0 Å². The molecule has 0 radical (unpaired) electrons. The largest absolute Gasteiger partial charge is 0.310 e. The number of hydrogen-bond acceptors (Lipinski definition) is 1. The Morgan fingerprint density at radius 2 is 0.755 bits per heavy atom.